The van der Waals surface area contributed by atoms with E-state index in [0.29, 0.717) is 6.04 Å². The zero-order chi connectivity index (χ0) is 13.5. The fourth-order valence-electron chi connectivity index (χ4n) is 3.25. The van der Waals surface area contributed by atoms with Gasteiger partial charge in [-0.2, -0.15) is 0 Å². The molecule has 0 aromatic heterocycles. The lowest BCUT2D eigenvalue weighted by atomic mass is 9.90. The van der Waals surface area contributed by atoms with Gasteiger partial charge in [-0.05, 0) is 43.5 Å². The summed E-state index contributed by atoms with van der Waals surface area (Å²) in [7, 11) is 2.11. The van der Waals surface area contributed by atoms with Crippen LogP contribution in [0.5, 0.6) is 0 Å². The number of benzene rings is 1. The lowest BCUT2D eigenvalue weighted by Gasteiger charge is -2.22. The Morgan fingerprint density at radius 3 is 2.58 bits per heavy atom. The third-order valence-electron chi connectivity index (χ3n) is 4.37. The predicted octanol–water partition coefficient (Wildman–Crippen LogP) is 4.94. The largest absolute Gasteiger partial charge is 0.317 e. The molecule has 1 atom stereocenters. The standard InChI is InChI=1S/C17H26BrN/c1-19-17(12-14-7-4-2-3-5-8-14)13-15-9-6-10-16(18)11-15/h6,9-11,14,17,19H,2-5,7-8,12-13H2,1H3. The predicted molar refractivity (Wildman–Crippen MR) is 86.5 cm³/mol. The van der Waals surface area contributed by atoms with E-state index >= 15 is 0 Å². The van der Waals surface area contributed by atoms with Gasteiger partial charge >= 0.3 is 0 Å². The first-order chi connectivity index (χ1) is 9.28. The minimum absolute atomic E-state index is 0.623. The molecule has 1 aliphatic carbocycles. The van der Waals surface area contributed by atoms with Crippen molar-refractivity contribution in [3.63, 3.8) is 0 Å². The molecule has 0 aliphatic heterocycles. The molecular weight excluding hydrogens is 298 g/mol. The molecule has 1 aromatic carbocycles. The van der Waals surface area contributed by atoms with Gasteiger partial charge in [0.05, 0.1) is 0 Å². The van der Waals surface area contributed by atoms with E-state index in [4.69, 9.17) is 0 Å². The van der Waals surface area contributed by atoms with Crippen LogP contribution >= 0.6 is 15.9 Å². The Balaban J connectivity index is 1.88. The van der Waals surface area contributed by atoms with Crippen LogP contribution in [0.15, 0.2) is 28.7 Å². The summed E-state index contributed by atoms with van der Waals surface area (Å²) in [5, 5.41) is 3.52. The molecule has 0 amide bonds. The average Bonchev–Trinajstić information content (AvgIpc) is 2.66. The maximum atomic E-state index is 3.56. The van der Waals surface area contributed by atoms with Gasteiger partial charge in [-0.25, -0.2) is 0 Å². The Morgan fingerprint density at radius 2 is 1.95 bits per heavy atom. The number of hydrogen-bond donors (Lipinski definition) is 1. The maximum Gasteiger partial charge on any atom is 0.0178 e. The third kappa shape index (κ3) is 5.27. The molecule has 2 heteroatoms. The van der Waals surface area contributed by atoms with Crippen molar-refractivity contribution in [1.29, 1.82) is 0 Å². The Morgan fingerprint density at radius 1 is 1.21 bits per heavy atom. The van der Waals surface area contributed by atoms with Gasteiger partial charge in [0, 0.05) is 10.5 Å². The number of hydrogen-bond acceptors (Lipinski definition) is 1. The number of halogens is 1. The van der Waals surface area contributed by atoms with Crippen LogP contribution in [0.4, 0.5) is 0 Å². The zero-order valence-corrected chi connectivity index (χ0v) is 13.6. The molecule has 1 fully saturated rings. The van der Waals surface area contributed by atoms with Gasteiger partial charge in [-0.1, -0.05) is 66.6 Å². The minimum Gasteiger partial charge on any atom is -0.317 e. The van der Waals surface area contributed by atoms with E-state index in [-0.39, 0.29) is 0 Å². The summed E-state index contributed by atoms with van der Waals surface area (Å²) >= 11 is 3.56. The highest BCUT2D eigenvalue weighted by molar-refractivity contribution is 9.10. The van der Waals surface area contributed by atoms with Crippen LogP contribution in [0, 0.1) is 5.92 Å². The molecule has 19 heavy (non-hydrogen) atoms. The first kappa shape index (κ1) is 15.1. The molecule has 1 nitrogen and oxygen atoms in total. The van der Waals surface area contributed by atoms with Crippen LogP contribution in [-0.4, -0.2) is 13.1 Å². The fourth-order valence-corrected chi connectivity index (χ4v) is 3.70. The van der Waals surface area contributed by atoms with Crippen molar-refractivity contribution < 1.29 is 0 Å². The van der Waals surface area contributed by atoms with Crippen molar-refractivity contribution >= 4 is 15.9 Å². The molecule has 1 unspecified atom stereocenters. The van der Waals surface area contributed by atoms with E-state index in [2.05, 4.69) is 52.6 Å². The average molecular weight is 324 g/mol. The van der Waals surface area contributed by atoms with Crippen molar-refractivity contribution in [2.45, 2.75) is 57.4 Å². The third-order valence-corrected chi connectivity index (χ3v) is 4.87. The molecule has 0 spiro atoms. The highest BCUT2D eigenvalue weighted by Gasteiger charge is 2.17. The summed E-state index contributed by atoms with van der Waals surface area (Å²) in [5.41, 5.74) is 1.43. The van der Waals surface area contributed by atoms with Crippen molar-refractivity contribution in [3.8, 4) is 0 Å². The second kappa shape index (κ2) is 8.06. The summed E-state index contributed by atoms with van der Waals surface area (Å²) in [4.78, 5) is 0. The first-order valence-corrected chi connectivity index (χ1v) is 8.49. The molecule has 106 valence electrons. The summed E-state index contributed by atoms with van der Waals surface area (Å²) in [5.74, 6) is 0.937. The molecule has 1 N–H and O–H groups in total. The Kier molecular flexibility index (Phi) is 6.39. The van der Waals surface area contributed by atoms with E-state index in [1.54, 1.807) is 0 Å². The highest BCUT2D eigenvalue weighted by atomic mass is 79.9. The van der Waals surface area contributed by atoms with E-state index in [1.165, 1.54) is 55.0 Å². The second-order valence-corrected chi connectivity index (χ2v) is 6.83. The van der Waals surface area contributed by atoms with Crippen LogP contribution in [0.2, 0.25) is 0 Å². The topological polar surface area (TPSA) is 12.0 Å². The summed E-state index contributed by atoms with van der Waals surface area (Å²) < 4.78 is 1.19. The number of nitrogens with one attached hydrogen (secondary N) is 1. The van der Waals surface area contributed by atoms with Crippen molar-refractivity contribution in [3.05, 3.63) is 34.3 Å². The SMILES string of the molecule is CNC(Cc1cccc(Br)c1)CC1CCCCCC1. The molecule has 1 aliphatic rings. The lowest BCUT2D eigenvalue weighted by molar-refractivity contribution is 0.361. The van der Waals surface area contributed by atoms with E-state index < -0.39 is 0 Å². The van der Waals surface area contributed by atoms with Gasteiger partial charge in [0.25, 0.3) is 0 Å². The van der Waals surface area contributed by atoms with Gasteiger partial charge < -0.3 is 5.32 Å². The molecule has 2 rings (SSSR count). The molecule has 0 radical (unpaired) electrons. The fraction of sp³-hybridized carbons (Fsp3) is 0.647. The van der Waals surface area contributed by atoms with E-state index in [0.717, 1.165) is 12.3 Å². The summed E-state index contributed by atoms with van der Waals surface area (Å²) in [6, 6.07) is 9.35. The Hall–Kier alpha value is -0.340. The van der Waals surface area contributed by atoms with Crippen LogP contribution in [0.25, 0.3) is 0 Å². The Labute approximate surface area is 126 Å². The molecule has 0 bridgehead atoms. The first-order valence-electron chi connectivity index (χ1n) is 7.69. The van der Waals surface area contributed by atoms with E-state index in [1.807, 2.05) is 0 Å². The number of rotatable bonds is 5. The van der Waals surface area contributed by atoms with Crippen molar-refractivity contribution in [1.82, 2.24) is 5.32 Å². The zero-order valence-electron chi connectivity index (χ0n) is 12.0. The van der Waals surface area contributed by atoms with Gasteiger partial charge in [-0.15, -0.1) is 0 Å². The smallest absolute Gasteiger partial charge is 0.0178 e. The van der Waals surface area contributed by atoms with Gasteiger partial charge in [0.1, 0.15) is 0 Å². The molecule has 0 heterocycles. The van der Waals surface area contributed by atoms with Crippen LogP contribution in [0.3, 0.4) is 0 Å². The van der Waals surface area contributed by atoms with Gasteiger partial charge in [0.15, 0.2) is 0 Å². The quantitative estimate of drug-likeness (QED) is 0.757. The minimum atomic E-state index is 0.623. The van der Waals surface area contributed by atoms with Crippen LogP contribution < -0.4 is 5.32 Å². The molecule has 0 saturated heterocycles. The summed E-state index contributed by atoms with van der Waals surface area (Å²) in [6.45, 7) is 0. The van der Waals surface area contributed by atoms with Crippen molar-refractivity contribution in [2.75, 3.05) is 7.05 Å². The molecule has 1 aromatic rings. The summed E-state index contributed by atoms with van der Waals surface area (Å²) in [6.07, 6.45) is 11.2. The number of likely N-dealkylation sites (N-methyl/N-ethyl adjacent to an activating group) is 1. The lowest BCUT2D eigenvalue weighted by Crippen LogP contribution is -2.30. The normalized spacial score (nSPS) is 19.1. The molecular formula is C17H26BrN. The van der Waals surface area contributed by atoms with Crippen LogP contribution in [-0.2, 0) is 6.42 Å². The Bertz CT molecular complexity index is 369. The second-order valence-electron chi connectivity index (χ2n) is 5.91. The monoisotopic (exact) mass is 323 g/mol. The van der Waals surface area contributed by atoms with E-state index in [9.17, 15) is 0 Å². The van der Waals surface area contributed by atoms with Gasteiger partial charge in [0.2, 0.25) is 0 Å². The van der Waals surface area contributed by atoms with Crippen LogP contribution in [0.1, 0.15) is 50.5 Å². The van der Waals surface area contributed by atoms with Gasteiger partial charge in [-0.3, -0.25) is 0 Å². The molecule has 1 saturated carbocycles. The van der Waals surface area contributed by atoms with Crippen molar-refractivity contribution in [2.24, 2.45) is 5.92 Å². The maximum absolute atomic E-state index is 3.56. The highest BCUT2D eigenvalue weighted by Crippen LogP contribution is 2.27.